The number of nitro groups is 1. The molecule has 1 unspecified atom stereocenters. The van der Waals surface area contributed by atoms with E-state index in [4.69, 9.17) is 4.74 Å². The number of unbranched alkanes of at least 4 members (excludes halogenated alkanes) is 1. The summed E-state index contributed by atoms with van der Waals surface area (Å²) in [5.41, 5.74) is 1.60. The largest absolute Gasteiger partial charge is 0.449 e. The Labute approximate surface area is 190 Å². The van der Waals surface area contributed by atoms with Gasteiger partial charge < -0.3 is 14.5 Å². The van der Waals surface area contributed by atoms with E-state index in [1.165, 1.54) is 19.3 Å². The molecule has 1 spiro atoms. The van der Waals surface area contributed by atoms with E-state index in [9.17, 15) is 14.9 Å². The van der Waals surface area contributed by atoms with E-state index in [0.717, 1.165) is 70.6 Å². The lowest BCUT2D eigenvalue weighted by molar-refractivity contribution is -0.384. The van der Waals surface area contributed by atoms with Crippen LogP contribution >= 0.6 is 0 Å². The number of rotatable bonds is 6. The number of non-ortho nitro benzene ring substituents is 1. The van der Waals surface area contributed by atoms with Crippen LogP contribution in [0.5, 0.6) is 0 Å². The summed E-state index contributed by atoms with van der Waals surface area (Å²) >= 11 is 0. The molecule has 1 aromatic rings. The first-order valence-electron chi connectivity index (χ1n) is 12.1. The Bertz CT molecular complexity index is 784. The highest BCUT2D eigenvalue weighted by molar-refractivity contribution is 5.67. The molecule has 1 saturated carbocycles. The van der Waals surface area contributed by atoms with Gasteiger partial charge in [0.1, 0.15) is 0 Å². The number of likely N-dealkylation sites (tertiary alicyclic amines) is 1. The number of hydrogen-bond acceptors (Lipinski definition) is 6. The van der Waals surface area contributed by atoms with Crippen LogP contribution in [0.1, 0.15) is 51.9 Å². The van der Waals surface area contributed by atoms with Crippen molar-refractivity contribution in [2.24, 2.45) is 5.41 Å². The van der Waals surface area contributed by atoms with Crippen LogP contribution < -0.4 is 4.90 Å². The Hall–Kier alpha value is -2.35. The highest BCUT2D eigenvalue weighted by Gasteiger charge is 2.44. The number of piperidine rings is 1. The van der Waals surface area contributed by atoms with Crippen molar-refractivity contribution < 1.29 is 14.5 Å². The van der Waals surface area contributed by atoms with E-state index < -0.39 is 0 Å². The average Bonchev–Trinajstić information content (AvgIpc) is 3.23. The number of anilines is 1. The van der Waals surface area contributed by atoms with Gasteiger partial charge in [-0.25, -0.2) is 4.79 Å². The summed E-state index contributed by atoms with van der Waals surface area (Å²) in [5, 5.41) is 10.9. The van der Waals surface area contributed by atoms with Crippen molar-refractivity contribution in [3.63, 3.8) is 0 Å². The fraction of sp³-hybridized carbons (Fsp3) is 0.708. The molecule has 1 amide bonds. The first-order valence-corrected chi connectivity index (χ1v) is 12.1. The molecular formula is C24H36N4O4. The van der Waals surface area contributed by atoms with Crippen LogP contribution in [-0.4, -0.2) is 72.7 Å². The molecule has 3 aliphatic rings. The first-order chi connectivity index (χ1) is 15.5. The number of nitrogens with zero attached hydrogens (tertiary/aromatic N) is 4. The van der Waals surface area contributed by atoms with Crippen LogP contribution in [0, 0.1) is 15.5 Å². The van der Waals surface area contributed by atoms with Crippen LogP contribution in [-0.2, 0) is 4.74 Å². The van der Waals surface area contributed by atoms with Crippen LogP contribution in [0.2, 0.25) is 0 Å². The van der Waals surface area contributed by atoms with Crippen LogP contribution in [0.15, 0.2) is 24.3 Å². The van der Waals surface area contributed by atoms with Gasteiger partial charge in [0.2, 0.25) is 0 Å². The van der Waals surface area contributed by atoms with Crippen LogP contribution in [0.4, 0.5) is 16.2 Å². The molecule has 8 heteroatoms. The second-order valence-electron chi connectivity index (χ2n) is 9.65. The molecular weight excluding hydrogens is 408 g/mol. The third kappa shape index (κ3) is 5.17. The van der Waals surface area contributed by atoms with E-state index in [2.05, 4.69) is 16.7 Å². The highest BCUT2D eigenvalue weighted by atomic mass is 16.6. The van der Waals surface area contributed by atoms with Crippen molar-refractivity contribution in [2.45, 2.75) is 57.9 Å². The van der Waals surface area contributed by atoms with Gasteiger partial charge in [0.15, 0.2) is 0 Å². The Balaban J connectivity index is 1.23. The first kappa shape index (κ1) is 22.8. The Kier molecular flexibility index (Phi) is 7.18. The number of carbonyl (C=O) groups excluding carboxylic acids is 1. The zero-order chi connectivity index (χ0) is 22.6. The number of ether oxygens (including phenoxy) is 1. The molecule has 0 aromatic heterocycles. The number of nitro benzene ring substituents is 1. The summed E-state index contributed by atoms with van der Waals surface area (Å²) in [6.45, 7) is 8.27. The van der Waals surface area contributed by atoms with E-state index in [1.54, 1.807) is 12.1 Å². The van der Waals surface area contributed by atoms with Gasteiger partial charge in [-0.2, -0.15) is 0 Å². The average molecular weight is 445 g/mol. The van der Waals surface area contributed by atoms with Gasteiger partial charge in [-0.3, -0.25) is 15.0 Å². The number of hydrogen-bond donors (Lipinski definition) is 0. The summed E-state index contributed by atoms with van der Waals surface area (Å²) in [4.78, 5) is 29.6. The predicted octanol–water partition coefficient (Wildman–Crippen LogP) is 4.29. The molecule has 2 heterocycles. The molecule has 3 fully saturated rings. The number of benzene rings is 1. The molecule has 1 aliphatic carbocycles. The zero-order valence-electron chi connectivity index (χ0n) is 19.2. The van der Waals surface area contributed by atoms with Gasteiger partial charge in [-0.15, -0.1) is 0 Å². The minimum atomic E-state index is -0.350. The number of piperazine rings is 1. The second-order valence-corrected chi connectivity index (χ2v) is 9.65. The third-order valence-electron chi connectivity index (χ3n) is 7.74. The van der Waals surface area contributed by atoms with E-state index in [0.29, 0.717) is 18.1 Å². The molecule has 1 atom stereocenters. The van der Waals surface area contributed by atoms with E-state index in [1.807, 2.05) is 17.0 Å². The molecule has 2 aliphatic heterocycles. The standard InChI is InChI=1S/C24H36N4O4/c1-2-3-18-32-23(29)27-12-10-24(11-13-27)9-8-22(19-24)26-16-14-25(15-17-26)20-4-6-21(7-5-20)28(30)31/h4-7,22H,2-3,8-19H2,1H3. The van der Waals surface area contributed by atoms with Gasteiger partial charge in [0.05, 0.1) is 11.5 Å². The topological polar surface area (TPSA) is 79.2 Å². The number of amides is 1. The normalized spacial score (nSPS) is 23.5. The molecule has 0 N–H and O–H groups in total. The number of carbonyl (C=O) groups is 1. The van der Waals surface area contributed by atoms with Crippen LogP contribution in [0.3, 0.4) is 0 Å². The SMILES string of the molecule is CCCCOC(=O)N1CCC2(CCC(N3CCN(c4ccc([N+](=O)[O-])cc4)CC3)C2)CC1. The second kappa shape index (κ2) is 10.1. The lowest BCUT2D eigenvalue weighted by Gasteiger charge is -2.41. The van der Waals surface area contributed by atoms with Crippen molar-refractivity contribution in [1.29, 1.82) is 0 Å². The summed E-state index contributed by atoms with van der Waals surface area (Å²) < 4.78 is 5.39. The molecule has 4 rings (SSSR count). The van der Waals surface area contributed by atoms with Crippen molar-refractivity contribution >= 4 is 17.5 Å². The molecule has 8 nitrogen and oxygen atoms in total. The van der Waals surface area contributed by atoms with Gasteiger partial charge in [-0.05, 0) is 56.1 Å². The lowest BCUT2D eigenvalue weighted by atomic mass is 9.77. The lowest BCUT2D eigenvalue weighted by Crippen LogP contribution is -2.50. The molecule has 32 heavy (non-hydrogen) atoms. The maximum Gasteiger partial charge on any atom is 0.409 e. The Morgan fingerprint density at radius 3 is 2.41 bits per heavy atom. The monoisotopic (exact) mass is 444 g/mol. The third-order valence-corrected chi connectivity index (χ3v) is 7.74. The summed E-state index contributed by atoms with van der Waals surface area (Å²) in [6, 6.07) is 7.54. The maximum absolute atomic E-state index is 12.2. The molecule has 1 aromatic carbocycles. The maximum atomic E-state index is 12.2. The minimum absolute atomic E-state index is 0.134. The smallest absolute Gasteiger partial charge is 0.409 e. The Morgan fingerprint density at radius 1 is 1.09 bits per heavy atom. The quantitative estimate of drug-likeness (QED) is 0.370. The highest BCUT2D eigenvalue weighted by Crippen LogP contribution is 2.48. The minimum Gasteiger partial charge on any atom is -0.449 e. The van der Waals surface area contributed by atoms with Gasteiger partial charge in [0.25, 0.3) is 5.69 Å². The van der Waals surface area contributed by atoms with Crippen molar-refractivity contribution in [3.8, 4) is 0 Å². The van der Waals surface area contributed by atoms with Gasteiger partial charge in [0, 0.05) is 63.1 Å². The van der Waals surface area contributed by atoms with E-state index in [-0.39, 0.29) is 16.7 Å². The molecule has 176 valence electrons. The Morgan fingerprint density at radius 2 is 1.78 bits per heavy atom. The fourth-order valence-electron chi connectivity index (χ4n) is 5.63. The zero-order valence-corrected chi connectivity index (χ0v) is 19.2. The fourth-order valence-corrected chi connectivity index (χ4v) is 5.63. The molecule has 0 bridgehead atoms. The molecule has 0 radical (unpaired) electrons. The van der Waals surface area contributed by atoms with Crippen LogP contribution in [0.25, 0.3) is 0 Å². The predicted molar refractivity (Wildman–Crippen MR) is 124 cm³/mol. The van der Waals surface area contributed by atoms with Crippen molar-refractivity contribution in [2.75, 3.05) is 50.8 Å². The molecule has 2 saturated heterocycles. The summed E-state index contributed by atoms with van der Waals surface area (Å²) in [7, 11) is 0. The van der Waals surface area contributed by atoms with Crippen molar-refractivity contribution in [1.82, 2.24) is 9.80 Å². The van der Waals surface area contributed by atoms with Gasteiger partial charge >= 0.3 is 6.09 Å². The van der Waals surface area contributed by atoms with Gasteiger partial charge in [-0.1, -0.05) is 13.3 Å². The van der Waals surface area contributed by atoms with Crippen molar-refractivity contribution in [3.05, 3.63) is 34.4 Å². The van der Waals surface area contributed by atoms with E-state index >= 15 is 0 Å². The summed E-state index contributed by atoms with van der Waals surface area (Å²) in [5.74, 6) is 0. The summed E-state index contributed by atoms with van der Waals surface area (Å²) in [6.07, 6.45) is 7.78.